The molecule has 0 aliphatic carbocycles. The summed E-state index contributed by atoms with van der Waals surface area (Å²) in [6, 6.07) is 5.77. The van der Waals surface area contributed by atoms with Crippen LogP contribution in [0.2, 0.25) is 0 Å². The summed E-state index contributed by atoms with van der Waals surface area (Å²) in [4.78, 5) is 31.0. The molecule has 2 aromatic heterocycles. The van der Waals surface area contributed by atoms with Crippen LogP contribution in [0.5, 0.6) is 0 Å². The van der Waals surface area contributed by atoms with Crippen LogP contribution in [0.1, 0.15) is 32.1 Å². The third kappa shape index (κ3) is 2.55. The first-order valence-electron chi connectivity index (χ1n) is 7.25. The lowest BCUT2D eigenvalue weighted by molar-refractivity contribution is 0.102. The van der Waals surface area contributed by atoms with Crippen LogP contribution in [0.15, 0.2) is 29.2 Å². The molecule has 3 aromatic rings. The highest BCUT2D eigenvalue weighted by Crippen LogP contribution is 2.21. The van der Waals surface area contributed by atoms with Crippen molar-refractivity contribution in [2.24, 2.45) is 0 Å². The van der Waals surface area contributed by atoms with E-state index in [-0.39, 0.29) is 11.1 Å². The smallest absolute Gasteiger partial charge is 0.271 e. The second-order valence-electron chi connectivity index (χ2n) is 5.56. The van der Waals surface area contributed by atoms with E-state index in [0.717, 1.165) is 27.4 Å². The summed E-state index contributed by atoms with van der Waals surface area (Å²) in [5, 5.41) is 2.84. The van der Waals surface area contributed by atoms with Crippen molar-refractivity contribution < 1.29 is 4.79 Å². The van der Waals surface area contributed by atoms with Gasteiger partial charge in [-0.1, -0.05) is 18.2 Å². The average Bonchev–Trinajstić information content (AvgIpc) is 2.79. The van der Waals surface area contributed by atoms with E-state index in [0.29, 0.717) is 4.96 Å². The van der Waals surface area contributed by atoms with Crippen LogP contribution >= 0.6 is 11.3 Å². The van der Waals surface area contributed by atoms with Crippen LogP contribution in [0, 0.1) is 27.7 Å². The quantitative estimate of drug-likeness (QED) is 0.786. The Bertz CT molecular complexity index is 965. The second kappa shape index (κ2) is 5.62. The van der Waals surface area contributed by atoms with Gasteiger partial charge in [-0.15, -0.1) is 11.3 Å². The van der Waals surface area contributed by atoms with Crippen molar-refractivity contribution in [2.75, 3.05) is 5.32 Å². The molecule has 0 fully saturated rings. The predicted octanol–water partition coefficient (Wildman–Crippen LogP) is 3.24. The van der Waals surface area contributed by atoms with E-state index >= 15 is 0 Å². The minimum Gasteiger partial charge on any atom is -0.321 e. The Kier molecular flexibility index (Phi) is 3.77. The van der Waals surface area contributed by atoms with E-state index in [1.165, 1.54) is 21.9 Å². The molecule has 0 unspecified atom stereocenters. The Hall–Kier alpha value is -2.47. The summed E-state index contributed by atoms with van der Waals surface area (Å²) in [7, 11) is 0. The summed E-state index contributed by atoms with van der Waals surface area (Å²) in [5.74, 6) is -0.433. The van der Waals surface area contributed by atoms with Crippen molar-refractivity contribution in [3.05, 3.63) is 62.0 Å². The summed E-state index contributed by atoms with van der Waals surface area (Å²) in [5.41, 5.74) is 3.18. The highest BCUT2D eigenvalue weighted by Gasteiger charge is 2.17. The van der Waals surface area contributed by atoms with E-state index < -0.39 is 5.91 Å². The van der Waals surface area contributed by atoms with Gasteiger partial charge >= 0.3 is 0 Å². The number of fused-ring (bicyclic) bond motifs is 1. The van der Waals surface area contributed by atoms with Gasteiger partial charge in [-0.3, -0.25) is 14.0 Å². The Morgan fingerprint density at radius 2 is 1.83 bits per heavy atom. The minimum absolute atomic E-state index is 0.0473. The molecule has 1 aromatic carbocycles. The van der Waals surface area contributed by atoms with E-state index in [1.807, 2.05) is 45.9 Å². The molecule has 0 spiro atoms. The summed E-state index contributed by atoms with van der Waals surface area (Å²) in [6.45, 7) is 7.63. The van der Waals surface area contributed by atoms with Crippen molar-refractivity contribution in [3.63, 3.8) is 0 Å². The van der Waals surface area contributed by atoms with E-state index in [4.69, 9.17) is 0 Å². The Balaban J connectivity index is 2.07. The molecule has 0 radical (unpaired) electrons. The fraction of sp³-hybridized carbons (Fsp3) is 0.235. The third-order valence-electron chi connectivity index (χ3n) is 3.98. The molecule has 0 aliphatic heterocycles. The maximum absolute atomic E-state index is 12.6. The number of anilines is 1. The molecule has 0 saturated carbocycles. The molecule has 1 amide bonds. The van der Waals surface area contributed by atoms with Gasteiger partial charge in [0, 0.05) is 22.5 Å². The molecular formula is C17H17N3O2S. The molecule has 5 nitrogen and oxygen atoms in total. The van der Waals surface area contributed by atoms with Crippen molar-refractivity contribution in [3.8, 4) is 0 Å². The maximum atomic E-state index is 12.6. The van der Waals surface area contributed by atoms with Crippen LogP contribution < -0.4 is 10.9 Å². The topological polar surface area (TPSA) is 63.5 Å². The molecular weight excluding hydrogens is 310 g/mol. The minimum atomic E-state index is -0.433. The van der Waals surface area contributed by atoms with Crippen LogP contribution in [0.4, 0.5) is 5.69 Å². The van der Waals surface area contributed by atoms with Gasteiger partial charge in [-0.2, -0.15) is 0 Å². The molecule has 1 N–H and O–H groups in total. The number of aromatic nitrogens is 2. The number of amides is 1. The van der Waals surface area contributed by atoms with E-state index in [9.17, 15) is 9.59 Å². The maximum Gasteiger partial charge on any atom is 0.271 e. The number of carbonyl (C=O) groups excluding carboxylic acids is 1. The molecule has 0 aliphatic rings. The van der Waals surface area contributed by atoms with Crippen LogP contribution in [0.3, 0.4) is 0 Å². The number of para-hydroxylation sites is 1. The second-order valence-corrected chi connectivity index (χ2v) is 6.74. The molecule has 6 heteroatoms. The molecule has 2 heterocycles. The summed E-state index contributed by atoms with van der Waals surface area (Å²) < 4.78 is 1.50. The van der Waals surface area contributed by atoms with Gasteiger partial charge in [0.15, 0.2) is 4.96 Å². The number of rotatable bonds is 2. The molecule has 23 heavy (non-hydrogen) atoms. The summed E-state index contributed by atoms with van der Waals surface area (Å²) >= 11 is 1.44. The average molecular weight is 327 g/mol. The molecule has 0 atom stereocenters. The highest BCUT2D eigenvalue weighted by molar-refractivity contribution is 7.17. The molecule has 0 bridgehead atoms. The normalized spacial score (nSPS) is 11.0. The van der Waals surface area contributed by atoms with Gasteiger partial charge in [0.1, 0.15) is 5.56 Å². The zero-order valence-electron chi connectivity index (χ0n) is 13.4. The highest BCUT2D eigenvalue weighted by atomic mass is 32.1. The number of hydrogen-bond acceptors (Lipinski definition) is 4. The fourth-order valence-corrected chi connectivity index (χ4v) is 3.45. The van der Waals surface area contributed by atoms with Crippen molar-refractivity contribution in [2.45, 2.75) is 27.7 Å². The largest absolute Gasteiger partial charge is 0.321 e. The number of hydrogen-bond donors (Lipinski definition) is 1. The monoisotopic (exact) mass is 327 g/mol. The number of aryl methyl sites for hydroxylation is 4. The van der Waals surface area contributed by atoms with Gasteiger partial charge in [0.25, 0.3) is 11.5 Å². The Morgan fingerprint density at radius 3 is 2.48 bits per heavy atom. The van der Waals surface area contributed by atoms with Crippen molar-refractivity contribution in [1.29, 1.82) is 0 Å². The lowest BCUT2D eigenvalue weighted by Gasteiger charge is -2.11. The van der Waals surface area contributed by atoms with Crippen molar-refractivity contribution in [1.82, 2.24) is 9.38 Å². The van der Waals surface area contributed by atoms with E-state index in [2.05, 4.69) is 10.3 Å². The Morgan fingerprint density at radius 1 is 1.17 bits per heavy atom. The number of thiazole rings is 1. The zero-order valence-corrected chi connectivity index (χ0v) is 14.2. The number of carbonyl (C=O) groups is 1. The predicted molar refractivity (Wildman–Crippen MR) is 92.7 cm³/mol. The van der Waals surface area contributed by atoms with E-state index in [1.54, 1.807) is 0 Å². The first-order valence-corrected chi connectivity index (χ1v) is 8.07. The van der Waals surface area contributed by atoms with Gasteiger partial charge in [0.05, 0.1) is 0 Å². The van der Waals surface area contributed by atoms with Crippen LogP contribution in [-0.4, -0.2) is 15.3 Å². The van der Waals surface area contributed by atoms with Crippen LogP contribution in [0.25, 0.3) is 4.96 Å². The lowest BCUT2D eigenvalue weighted by Crippen LogP contribution is -2.27. The van der Waals surface area contributed by atoms with Gasteiger partial charge < -0.3 is 5.32 Å². The summed E-state index contributed by atoms with van der Waals surface area (Å²) in [6.07, 6.45) is 1.36. The number of benzene rings is 1. The molecule has 118 valence electrons. The lowest BCUT2D eigenvalue weighted by atomic mass is 10.1. The zero-order chi connectivity index (χ0) is 16.7. The standard InChI is InChI=1S/C17H17N3O2S/c1-9-6-5-7-10(2)14(9)19-15(21)13-8-18-17-20(16(13)22)11(3)12(4)23-17/h5-8H,1-4H3,(H,19,21). The number of nitrogens with zero attached hydrogens (tertiary/aromatic N) is 2. The fourth-order valence-electron chi connectivity index (χ4n) is 2.52. The third-order valence-corrected chi connectivity index (χ3v) is 5.05. The SMILES string of the molecule is Cc1cccc(C)c1NC(=O)c1cnc2sc(C)c(C)n2c1=O. The number of nitrogens with one attached hydrogen (secondary N) is 1. The van der Waals surface area contributed by atoms with Gasteiger partial charge in [0.2, 0.25) is 0 Å². The Labute approximate surface area is 137 Å². The molecule has 0 saturated heterocycles. The van der Waals surface area contributed by atoms with Gasteiger partial charge in [-0.25, -0.2) is 4.98 Å². The van der Waals surface area contributed by atoms with Gasteiger partial charge in [-0.05, 0) is 38.8 Å². The first-order chi connectivity index (χ1) is 10.9. The van der Waals surface area contributed by atoms with Crippen LogP contribution in [-0.2, 0) is 0 Å². The van der Waals surface area contributed by atoms with Crippen molar-refractivity contribution >= 4 is 27.9 Å². The molecule has 3 rings (SSSR count). The first kappa shape index (κ1) is 15.4.